The first-order valence-electron chi connectivity index (χ1n) is 15.7. The Kier molecular flexibility index (Phi) is 6.58. The van der Waals surface area contributed by atoms with Gasteiger partial charge in [0.2, 0.25) is 5.54 Å². The molecule has 8 rings (SSSR count). The predicted octanol–water partition coefficient (Wildman–Crippen LogP) is 7.19. The number of ether oxygens (including phenoxy) is 2. The highest BCUT2D eigenvalue weighted by molar-refractivity contribution is 5.91. The summed E-state index contributed by atoms with van der Waals surface area (Å²) in [6, 6.07) is 18.4. The molecule has 2 aromatic rings. The number of fused-ring (bicyclic) bond motifs is 3. The van der Waals surface area contributed by atoms with Gasteiger partial charge in [-0.15, -0.1) is 0 Å². The van der Waals surface area contributed by atoms with Gasteiger partial charge in [0.05, 0.1) is 25.7 Å². The average molecular weight is 562 g/mol. The first kappa shape index (κ1) is 27.1. The van der Waals surface area contributed by atoms with Gasteiger partial charge in [0.15, 0.2) is 11.5 Å². The van der Waals surface area contributed by atoms with Crippen molar-refractivity contribution in [1.29, 1.82) is 10.5 Å². The Labute approximate surface area is 248 Å². The summed E-state index contributed by atoms with van der Waals surface area (Å²) in [5.74, 6) is 2.13. The molecule has 5 fully saturated rings. The van der Waals surface area contributed by atoms with Gasteiger partial charge in [0.1, 0.15) is 17.9 Å². The van der Waals surface area contributed by atoms with Crippen molar-refractivity contribution in [3.05, 3.63) is 65.4 Å². The second-order valence-corrected chi connectivity index (χ2v) is 13.5. The Hall–Kier alpha value is -3.77. The number of carbonyl (C=O) groups excluding carboxylic acids is 1. The number of methoxy groups -OCH3 is 1. The third-order valence-electron chi connectivity index (χ3n) is 11.1. The third kappa shape index (κ3) is 3.91. The van der Waals surface area contributed by atoms with Gasteiger partial charge < -0.3 is 14.4 Å². The minimum Gasteiger partial charge on any atom is -0.493 e. The van der Waals surface area contributed by atoms with Crippen LogP contribution in [0.5, 0.6) is 11.5 Å². The lowest BCUT2D eigenvalue weighted by molar-refractivity contribution is -0.149. The fourth-order valence-corrected chi connectivity index (χ4v) is 9.75. The van der Waals surface area contributed by atoms with Crippen LogP contribution in [-0.2, 0) is 4.79 Å². The lowest BCUT2D eigenvalue weighted by atomic mass is 9.47. The molecule has 3 atom stereocenters. The molecule has 0 N–H and O–H groups in total. The van der Waals surface area contributed by atoms with Crippen molar-refractivity contribution in [1.82, 2.24) is 4.90 Å². The maximum atomic E-state index is 15.3. The van der Waals surface area contributed by atoms with Crippen molar-refractivity contribution in [2.75, 3.05) is 13.7 Å². The van der Waals surface area contributed by atoms with Crippen LogP contribution >= 0.6 is 0 Å². The van der Waals surface area contributed by atoms with Crippen LogP contribution in [0.25, 0.3) is 6.08 Å². The fourth-order valence-electron chi connectivity index (χ4n) is 9.75. The van der Waals surface area contributed by atoms with E-state index in [1.54, 1.807) is 7.11 Å². The van der Waals surface area contributed by atoms with E-state index in [2.05, 4.69) is 31.2 Å². The van der Waals surface area contributed by atoms with Crippen LogP contribution in [0.4, 0.5) is 0 Å². The largest absolute Gasteiger partial charge is 0.493 e. The molecule has 42 heavy (non-hydrogen) atoms. The first-order chi connectivity index (χ1) is 20.5. The van der Waals surface area contributed by atoms with Crippen LogP contribution in [0, 0.1) is 51.7 Å². The number of hydrogen-bond acceptors (Lipinski definition) is 6. The van der Waals surface area contributed by atoms with Crippen molar-refractivity contribution in [3.8, 4) is 23.6 Å². The van der Waals surface area contributed by atoms with Gasteiger partial charge in [-0.25, -0.2) is 0 Å². The molecule has 0 amide bonds. The summed E-state index contributed by atoms with van der Waals surface area (Å²) in [7, 11) is 1.61. The molecule has 0 aromatic heterocycles. The van der Waals surface area contributed by atoms with Gasteiger partial charge in [-0.05, 0) is 97.6 Å². The highest BCUT2D eigenvalue weighted by Crippen LogP contribution is 2.65. The highest BCUT2D eigenvalue weighted by atomic mass is 16.5. The summed E-state index contributed by atoms with van der Waals surface area (Å²) >= 11 is 0. The number of Topliss-reactive ketones (excluding diaryl/α,β-unsaturated/α-hetero) is 1. The molecular formula is C36H39N3O3. The maximum Gasteiger partial charge on any atom is 0.222 e. The quantitative estimate of drug-likeness (QED) is 0.317. The normalized spacial score (nSPS) is 32.9. The van der Waals surface area contributed by atoms with Crippen molar-refractivity contribution >= 4 is 11.9 Å². The smallest absolute Gasteiger partial charge is 0.222 e. The van der Waals surface area contributed by atoms with Crippen LogP contribution in [0.1, 0.15) is 86.9 Å². The molecule has 6 aliphatic rings. The van der Waals surface area contributed by atoms with Crippen molar-refractivity contribution in [2.24, 2.45) is 29.1 Å². The predicted molar refractivity (Wildman–Crippen MR) is 159 cm³/mol. The van der Waals surface area contributed by atoms with E-state index in [0.29, 0.717) is 35.9 Å². The molecule has 216 valence electrons. The van der Waals surface area contributed by atoms with Crippen LogP contribution in [0.2, 0.25) is 0 Å². The molecule has 0 spiro atoms. The van der Waals surface area contributed by atoms with E-state index in [0.717, 1.165) is 48.8 Å². The van der Waals surface area contributed by atoms with Gasteiger partial charge in [-0.1, -0.05) is 43.7 Å². The second kappa shape index (κ2) is 10.2. The SMILES string of the molecule is CCCCOc1ccc([C@@H]2[C@H](C(=O)C34CC5CC(CC(C5)C3)C4)[C@@H]3c4ccccc4C=CN3C2(C#N)C#N)cc1OC. The highest BCUT2D eigenvalue weighted by Gasteiger charge is 2.67. The number of rotatable bonds is 8. The first-order valence-corrected chi connectivity index (χ1v) is 15.7. The number of ketones is 1. The molecule has 0 radical (unpaired) electrons. The van der Waals surface area contributed by atoms with Crippen molar-refractivity contribution in [3.63, 3.8) is 0 Å². The number of nitrogens with zero attached hydrogens (tertiary/aromatic N) is 3. The van der Waals surface area contributed by atoms with Crippen LogP contribution in [0.3, 0.4) is 0 Å². The Morgan fingerprint density at radius 3 is 2.33 bits per heavy atom. The van der Waals surface area contributed by atoms with E-state index in [1.165, 1.54) is 19.3 Å². The molecular weight excluding hydrogens is 522 g/mol. The standard InChI is InChI=1S/C36H39N3O3/c1-3-4-13-42-29-10-9-27(17-30(29)41-2)32-31(34(40)35-18-23-14-24(19-35)16-25(15-23)20-35)33-28-8-6-5-7-26(28)11-12-39(33)36(32,21-37)22-38/h5-12,17,23-25,31-33H,3-4,13-16,18-20H2,1-2H3/t23?,24?,25?,31-,32+,33-,35?/m0/s1. The van der Waals surface area contributed by atoms with Gasteiger partial charge >= 0.3 is 0 Å². The van der Waals surface area contributed by atoms with Crippen LogP contribution in [0.15, 0.2) is 48.7 Å². The average Bonchev–Trinajstić information content (AvgIpc) is 3.31. The Bertz CT molecular complexity index is 1460. The van der Waals surface area contributed by atoms with E-state index in [4.69, 9.17) is 9.47 Å². The maximum absolute atomic E-state index is 15.3. The van der Waals surface area contributed by atoms with Crippen LogP contribution in [-0.4, -0.2) is 29.9 Å². The van der Waals surface area contributed by atoms with Gasteiger partial charge in [0, 0.05) is 17.5 Å². The lowest BCUT2D eigenvalue weighted by Crippen LogP contribution is -2.52. The number of benzene rings is 2. The van der Waals surface area contributed by atoms with E-state index in [1.807, 2.05) is 47.5 Å². The third-order valence-corrected chi connectivity index (χ3v) is 11.1. The van der Waals surface area contributed by atoms with Gasteiger partial charge in [-0.3, -0.25) is 4.79 Å². The number of unbranched alkanes of at least 4 members (excludes halogenated alkanes) is 1. The van der Waals surface area contributed by atoms with Gasteiger partial charge in [0.25, 0.3) is 0 Å². The summed E-state index contributed by atoms with van der Waals surface area (Å²) in [6.07, 6.45) is 12.4. The Balaban J connectivity index is 1.39. The lowest BCUT2D eigenvalue weighted by Gasteiger charge is -2.57. The summed E-state index contributed by atoms with van der Waals surface area (Å²) in [6.45, 7) is 2.70. The van der Waals surface area contributed by atoms with Crippen LogP contribution < -0.4 is 9.47 Å². The molecule has 2 heterocycles. The van der Waals surface area contributed by atoms with E-state index in [-0.39, 0.29) is 17.2 Å². The molecule has 2 aliphatic heterocycles. The summed E-state index contributed by atoms with van der Waals surface area (Å²) < 4.78 is 11.8. The topological polar surface area (TPSA) is 86.4 Å². The summed E-state index contributed by atoms with van der Waals surface area (Å²) in [5.41, 5.74) is 0.929. The Morgan fingerprint density at radius 1 is 1.00 bits per heavy atom. The van der Waals surface area contributed by atoms with Gasteiger partial charge in [-0.2, -0.15) is 10.5 Å². The van der Waals surface area contributed by atoms with E-state index < -0.39 is 17.4 Å². The minimum atomic E-state index is -1.55. The summed E-state index contributed by atoms with van der Waals surface area (Å²) in [4.78, 5) is 17.2. The molecule has 6 heteroatoms. The number of hydrogen-bond donors (Lipinski definition) is 0. The zero-order valence-corrected chi connectivity index (χ0v) is 24.6. The summed E-state index contributed by atoms with van der Waals surface area (Å²) in [5, 5.41) is 21.8. The molecule has 1 saturated heterocycles. The molecule has 6 nitrogen and oxygen atoms in total. The zero-order valence-electron chi connectivity index (χ0n) is 24.6. The minimum absolute atomic E-state index is 0.265. The van der Waals surface area contributed by atoms with Crippen molar-refractivity contribution in [2.45, 2.75) is 75.8 Å². The molecule has 2 aromatic carbocycles. The van der Waals surface area contributed by atoms with E-state index >= 15 is 4.79 Å². The molecule has 4 bridgehead atoms. The van der Waals surface area contributed by atoms with E-state index in [9.17, 15) is 10.5 Å². The second-order valence-electron chi connectivity index (χ2n) is 13.5. The fraction of sp³-hybridized carbons (Fsp3) is 0.528. The molecule has 0 unspecified atom stereocenters. The molecule has 4 saturated carbocycles. The monoisotopic (exact) mass is 561 g/mol. The molecule has 4 aliphatic carbocycles. The Morgan fingerprint density at radius 2 is 1.69 bits per heavy atom. The zero-order chi connectivity index (χ0) is 29.1. The number of nitriles is 2. The number of carbonyl (C=O) groups is 1. The van der Waals surface area contributed by atoms with Crippen molar-refractivity contribution < 1.29 is 14.3 Å².